The summed E-state index contributed by atoms with van der Waals surface area (Å²) in [6, 6.07) is 17.0. The number of rotatable bonds is 6. The standard InChI is InChI=1S/C22H23N3O2/c1-4-27-19-8-6-18(7-9-19)24-21-14-17(11-12-23-21)22(26)25-20-10-5-15(2)13-16(20)3/h5-14H,4H2,1-3H3,(H,23,24)(H,25,26). The van der Waals surface area contributed by atoms with Gasteiger partial charge in [0.1, 0.15) is 11.6 Å². The second-order valence-electron chi connectivity index (χ2n) is 6.28. The van der Waals surface area contributed by atoms with E-state index in [-0.39, 0.29) is 5.91 Å². The summed E-state index contributed by atoms with van der Waals surface area (Å²) in [5.74, 6) is 1.25. The van der Waals surface area contributed by atoms with Gasteiger partial charge in [0.2, 0.25) is 0 Å². The van der Waals surface area contributed by atoms with Crippen LogP contribution in [0.15, 0.2) is 60.8 Å². The number of carbonyl (C=O) groups excluding carboxylic acids is 1. The summed E-state index contributed by atoms with van der Waals surface area (Å²) in [6.45, 7) is 6.59. The third-order valence-electron chi connectivity index (χ3n) is 4.09. The highest BCUT2D eigenvalue weighted by atomic mass is 16.5. The Bertz CT molecular complexity index is 937. The molecule has 0 fully saturated rings. The van der Waals surface area contributed by atoms with Gasteiger partial charge in [-0.25, -0.2) is 4.98 Å². The van der Waals surface area contributed by atoms with Crippen LogP contribution < -0.4 is 15.4 Å². The number of hydrogen-bond donors (Lipinski definition) is 2. The Hall–Kier alpha value is -3.34. The van der Waals surface area contributed by atoms with Gasteiger partial charge in [-0.1, -0.05) is 17.7 Å². The van der Waals surface area contributed by atoms with Crippen LogP contribution in [-0.2, 0) is 0 Å². The van der Waals surface area contributed by atoms with E-state index in [9.17, 15) is 4.79 Å². The van der Waals surface area contributed by atoms with Crippen LogP contribution in [-0.4, -0.2) is 17.5 Å². The number of aryl methyl sites for hydroxylation is 2. The number of amides is 1. The summed E-state index contributed by atoms with van der Waals surface area (Å²) >= 11 is 0. The van der Waals surface area contributed by atoms with E-state index in [0.717, 1.165) is 28.3 Å². The zero-order chi connectivity index (χ0) is 19.2. The van der Waals surface area contributed by atoms with E-state index in [2.05, 4.69) is 15.6 Å². The molecule has 1 aromatic heterocycles. The van der Waals surface area contributed by atoms with Crippen LogP contribution in [0, 0.1) is 13.8 Å². The Labute approximate surface area is 159 Å². The Balaban J connectivity index is 1.71. The molecule has 0 atom stereocenters. The lowest BCUT2D eigenvalue weighted by Gasteiger charge is -2.11. The van der Waals surface area contributed by atoms with Crippen LogP contribution in [0.5, 0.6) is 5.75 Å². The predicted octanol–water partition coefficient (Wildman–Crippen LogP) is 5.09. The lowest BCUT2D eigenvalue weighted by Crippen LogP contribution is -2.13. The maximum absolute atomic E-state index is 12.6. The lowest BCUT2D eigenvalue weighted by atomic mass is 10.1. The van der Waals surface area contributed by atoms with Crippen LogP contribution in [0.25, 0.3) is 0 Å². The molecular formula is C22H23N3O2. The number of nitrogens with one attached hydrogen (secondary N) is 2. The SMILES string of the molecule is CCOc1ccc(Nc2cc(C(=O)Nc3ccc(C)cc3C)ccn2)cc1. The van der Waals surface area contributed by atoms with Gasteiger partial charge in [-0.3, -0.25) is 4.79 Å². The van der Waals surface area contributed by atoms with E-state index in [1.54, 1.807) is 18.3 Å². The first-order chi connectivity index (χ1) is 13.0. The molecule has 27 heavy (non-hydrogen) atoms. The second-order valence-corrected chi connectivity index (χ2v) is 6.28. The molecule has 0 unspecified atom stereocenters. The predicted molar refractivity (Wildman–Crippen MR) is 109 cm³/mol. The summed E-state index contributed by atoms with van der Waals surface area (Å²) in [4.78, 5) is 16.9. The quantitative estimate of drug-likeness (QED) is 0.642. The van der Waals surface area contributed by atoms with Crippen molar-refractivity contribution in [2.24, 2.45) is 0 Å². The second kappa shape index (κ2) is 8.36. The zero-order valence-corrected chi connectivity index (χ0v) is 15.7. The molecule has 0 radical (unpaired) electrons. The summed E-state index contributed by atoms with van der Waals surface area (Å²) in [5, 5.41) is 6.16. The summed E-state index contributed by atoms with van der Waals surface area (Å²) in [7, 11) is 0. The molecule has 1 heterocycles. The highest BCUT2D eigenvalue weighted by Gasteiger charge is 2.09. The van der Waals surface area contributed by atoms with Crippen LogP contribution >= 0.6 is 0 Å². The van der Waals surface area contributed by atoms with Crippen molar-refractivity contribution in [3.05, 3.63) is 77.5 Å². The van der Waals surface area contributed by atoms with Gasteiger partial charge < -0.3 is 15.4 Å². The first-order valence-corrected chi connectivity index (χ1v) is 8.89. The van der Waals surface area contributed by atoms with Gasteiger partial charge in [0.25, 0.3) is 5.91 Å². The van der Waals surface area contributed by atoms with Crippen molar-refractivity contribution in [3.8, 4) is 5.75 Å². The molecule has 0 saturated carbocycles. The van der Waals surface area contributed by atoms with E-state index in [4.69, 9.17) is 4.74 Å². The Morgan fingerprint density at radius 2 is 1.81 bits per heavy atom. The van der Waals surface area contributed by atoms with Crippen molar-refractivity contribution in [3.63, 3.8) is 0 Å². The van der Waals surface area contributed by atoms with Crippen molar-refractivity contribution in [2.75, 3.05) is 17.2 Å². The van der Waals surface area contributed by atoms with Gasteiger partial charge in [0.15, 0.2) is 0 Å². The third kappa shape index (κ3) is 4.85. The number of carbonyl (C=O) groups is 1. The van der Waals surface area contributed by atoms with Gasteiger partial charge in [0.05, 0.1) is 6.61 Å². The number of benzene rings is 2. The Kier molecular flexibility index (Phi) is 5.71. The molecule has 3 aromatic rings. The molecule has 0 aliphatic heterocycles. The molecular weight excluding hydrogens is 338 g/mol. The number of aromatic nitrogens is 1. The Morgan fingerprint density at radius 1 is 1.04 bits per heavy atom. The average Bonchev–Trinajstić information content (AvgIpc) is 2.66. The molecule has 138 valence electrons. The van der Waals surface area contributed by atoms with Crippen LogP contribution in [0.2, 0.25) is 0 Å². The van der Waals surface area contributed by atoms with Crippen LogP contribution in [0.4, 0.5) is 17.2 Å². The zero-order valence-electron chi connectivity index (χ0n) is 15.7. The molecule has 2 aromatic carbocycles. The fourth-order valence-corrected chi connectivity index (χ4v) is 2.74. The first kappa shape index (κ1) is 18.5. The van der Waals surface area contributed by atoms with Crippen molar-refractivity contribution in [2.45, 2.75) is 20.8 Å². The molecule has 0 spiro atoms. The van der Waals surface area contributed by atoms with Gasteiger partial charge >= 0.3 is 0 Å². The number of anilines is 3. The lowest BCUT2D eigenvalue weighted by molar-refractivity contribution is 0.102. The molecule has 0 saturated heterocycles. The van der Waals surface area contributed by atoms with Gasteiger partial charge in [-0.15, -0.1) is 0 Å². The minimum atomic E-state index is -0.168. The molecule has 5 heteroatoms. The van der Waals surface area contributed by atoms with Crippen molar-refractivity contribution in [1.29, 1.82) is 0 Å². The number of pyridine rings is 1. The topological polar surface area (TPSA) is 63.2 Å². The largest absolute Gasteiger partial charge is 0.494 e. The minimum absolute atomic E-state index is 0.168. The average molecular weight is 361 g/mol. The molecule has 5 nitrogen and oxygen atoms in total. The summed E-state index contributed by atoms with van der Waals surface area (Å²) in [5.41, 5.74) is 4.42. The van der Waals surface area contributed by atoms with Crippen molar-refractivity contribution < 1.29 is 9.53 Å². The third-order valence-corrected chi connectivity index (χ3v) is 4.09. The highest BCUT2D eigenvalue weighted by Crippen LogP contribution is 2.21. The van der Waals surface area contributed by atoms with E-state index in [1.165, 1.54) is 0 Å². The van der Waals surface area contributed by atoms with E-state index >= 15 is 0 Å². The first-order valence-electron chi connectivity index (χ1n) is 8.89. The van der Waals surface area contributed by atoms with E-state index < -0.39 is 0 Å². The van der Waals surface area contributed by atoms with E-state index in [1.807, 2.05) is 63.2 Å². The van der Waals surface area contributed by atoms with Crippen LogP contribution in [0.3, 0.4) is 0 Å². The van der Waals surface area contributed by atoms with Crippen molar-refractivity contribution in [1.82, 2.24) is 4.98 Å². The normalized spacial score (nSPS) is 10.3. The monoisotopic (exact) mass is 361 g/mol. The van der Waals surface area contributed by atoms with Crippen LogP contribution in [0.1, 0.15) is 28.4 Å². The molecule has 3 rings (SSSR count). The molecule has 0 aliphatic carbocycles. The maximum atomic E-state index is 12.6. The fraction of sp³-hybridized carbons (Fsp3) is 0.182. The molecule has 0 aliphatic rings. The smallest absolute Gasteiger partial charge is 0.255 e. The van der Waals surface area contributed by atoms with Crippen molar-refractivity contribution >= 4 is 23.1 Å². The summed E-state index contributed by atoms with van der Waals surface area (Å²) < 4.78 is 5.44. The van der Waals surface area contributed by atoms with Gasteiger partial charge in [0, 0.05) is 23.1 Å². The number of ether oxygens (including phenoxy) is 1. The molecule has 2 N–H and O–H groups in total. The van der Waals surface area contributed by atoms with Gasteiger partial charge in [-0.2, -0.15) is 0 Å². The maximum Gasteiger partial charge on any atom is 0.255 e. The Morgan fingerprint density at radius 3 is 2.52 bits per heavy atom. The van der Waals surface area contributed by atoms with Gasteiger partial charge in [-0.05, 0) is 68.8 Å². The fourth-order valence-electron chi connectivity index (χ4n) is 2.74. The van der Waals surface area contributed by atoms with E-state index in [0.29, 0.717) is 18.0 Å². The number of nitrogens with zero attached hydrogens (tertiary/aromatic N) is 1. The summed E-state index contributed by atoms with van der Waals surface area (Å²) in [6.07, 6.45) is 1.62. The molecule has 0 bridgehead atoms. The minimum Gasteiger partial charge on any atom is -0.494 e. The number of hydrogen-bond acceptors (Lipinski definition) is 4. The molecule has 1 amide bonds. The highest BCUT2D eigenvalue weighted by molar-refractivity contribution is 6.05.